The number of nitrogens with one attached hydrogen (secondary N) is 2. The average Bonchev–Trinajstić information content (AvgIpc) is 2.78. The number of pyridine rings is 1. The molecule has 1 unspecified atom stereocenters. The number of aliphatic hydroxyl groups is 1. The van der Waals surface area contributed by atoms with E-state index in [-0.39, 0.29) is 18.6 Å². The van der Waals surface area contributed by atoms with Gasteiger partial charge in [0.1, 0.15) is 5.75 Å². The predicted octanol–water partition coefficient (Wildman–Crippen LogP) is 3.48. The van der Waals surface area contributed by atoms with E-state index in [1.54, 1.807) is 38.6 Å². The standard InChI is InChI=1S/C23H25N3O3/c1-16(15-27)26-23(28)18-3-6-21(7-4-18)25-14-20-13-19(5-8-22(20)29-2)17-9-11-24-12-10-17/h3-13,16,25,27H,14-15H2,1-2H3,(H,26,28). The highest BCUT2D eigenvalue weighted by atomic mass is 16.5. The van der Waals surface area contributed by atoms with E-state index in [0.29, 0.717) is 12.1 Å². The molecule has 29 heavy (non-hydrogen) atoms. The predicted molar refractivity (Wildman–Crippen MR) is 114 cm³/mol. The molecule has 6 nitrogen and oxygen atoms in total. The second-order valence-corrected chi connectivity index (χ2v) is 6.75. The first-order valence-electron chi connectivity index (χ1n) is 9.43. The Balaban J connectivity index is 1.70. The average molecular weight is 391 g/mol. The molecule has 2 aromatic carbocycles. The summed E-state index contributed by atoms with van der Waals surface area (Å²) in [6.07, 6.45) is 3.55. The van der Waals surface area contributed by atoms with Gasteiger partial charge in [-0.1, -0.05) is 6.07 Å². The normalized spacial score (nSPS) is 11.6. The van der Waals surface area contributed by atoms with Crippen LogP contribution in [-0.4, -0.2) is 35.8 Å². The van der Waals surface area contributed by atoms with E-state index in [4.69, 9.17) is 9.84 Å². The lowest BCUT2D eigenvalue weighted by Crippen LogP contribution is -2.34. The maximum Gasteiger partial charge on any atom is 0.251 e. The number of methoxy groups -OCH3 is 1. The molecule has 0 aliphatic heterocycles. The summed E-state index contributed by atoms with van der Waals surface area (Å²) in [5.41, 5.74) is 4.66. The monoisotopic (exact) mass is 391 g/mol. The zero-order chi connectivity index (χ0) is 20.6. The van der Waals surface area contributed by atoms with Crippen LogP contribution in [0.3, 0.4) is 0 Å². The van der Waals surface area contributed by atoms with E-state index in [2.05, 4.69) is 21.7 Å². The van der Waals surface area contributed by atoms with Crippen molar-refractivity contribution in [1.82, 2.24) is 10.3 Å². The van der Waals surface area contributed by atoms with Crippen molar-refractivity contribution in [2.75, 3.05) is 19.0 Å². The van der Waals surface area contributed by atoms with Gasteiger partial charge in [0.15, 0.2) is 0 Å². The van der Waals surface area contributed by atoms with E-state index in [9.17, 15) is 4.79 Å². The van der Waals surface area contributed by atoms with Gasteiger partial charge in [0.2, 0.25) is 0 Å². The summed E-state index contributed by atoms with van der Waals surface area (Å²) in [5.74, 6) is 0.606. The van der Waals surface area contributed by atoms with Crippen LogP contribution in [-0.2, 0) is 6.54 Å². The Morgan fingerprint density at radius 1 is 1.07 bits per heavy atom. The minimum atomic E-state index is -0.277. The molecule has 0 saturated heterocycles. The molecule has 3 aromatic rings. The molecular weight excluding hydrogens is 366 g/mol. The molecule has 1 amide bonds. The van der Waals surface area contributed by atoms with Crippen LogP contribution in [0, 0.1) is 0 Å². The Morgan fingerprint density at radius 2 is 1.79 bits per heavy atom. The van der Waals surface area contributed by atoms with Crippen LogP contribution in [0.5, 0.6) is 5.75 Å². The first-order valence-corrected chi connectivity index (χ1v) is 9.43. The van der Waals surface area contributed by atoms with Crippen molar-refractivity contribution in [1.29, 1.82) is 0 Å². The molecule has 6 heteroatoms. The van der Waals surface area contributed by atoms with Crippen LogP contribution in [0.1, 0.15) is 22.8 Å². The lowest BCUT2D eigenvalue weighted by atomic mass is 10.0. The van der Waals surface area contributed by atoms with Gasteiger partial charge >= 0.3 is 0 Å². The summed E-state index contributed by atoms with van der Waals surface area (Å²) in [5, 5.41) is 15.1. The topological polar surface area (TPSA) is 83.5 Å². The second kappa shape index (κ2) is 9.71. The molecule has 0 bridgehead atoms. The van der Waals surface area contributed by atoms with E-state index < -0.39 is 0 Å². The van der Waals surface area contributed by atoms with Crippen LogP contribution in [0.4, 0.5) is 5.69 Å². The third kappa shape index (κ3) is 5.33. The van der Waals surface area contributed by atoms with Crippen molar-refractivity contribution in [2.24, 2.45) is 0 Å². The van der Waals surface area contributed by atoms with Crippen molar-refractivity contribution >= 4 is 11.6 Å². The third-order valence-corrected chi connectivity index (χ3v) is 4.58. The van der Waals surface area contributed by atoms with Gasteiger partial charge in [0.25, 0.3) is 5.91 Å². The Bertz CT molecular complexity index is 943. The quantitative estimate of drug-likeness (QED) is 0.548. The van der Waals surface area contributed by atoms with E-state index in [0.717, 1.165) is 28.1 Å². The number of ether oxygens (including phenoxy) is 1. The molecule has 150 valence electrons. The van der Waals surface area contributed by atoms with Crippen LogP contribution in [0.25, 0.3) is 11.1 Å². The number of anilines is 1. The molecule has 0 saturated carbocycles. The van der Waals surface area contributed by atoms with Gasteiger partial charge in [-0.25, -0.2) is 0 Å². The number of aliphatic hydroxyl groups excluding tert-OH is 1. The first kappa shape index (κ1) is 20.4. The number of rotatable bonds is 8. The molecule has 0 fully saturated rings. The molecule has 0 aliphatic rings. The lowest BCUT2D eigenvalue weighted by Gasteiger charge is -2.14. The number of carbonyl (C=O) groups excluding carboxylic acids is 1. The van der Waals surface area contributed by atoms with E-state index in [1.165, 1.54) is 0 Å². The number of aromatic nitrogens is 1. The van der Waals surface area contributed by atoms with Crippen molar-refractivity contribution in [3.8, 4) is 16.9 Å². The summed E-state index contributed by atoms with van der Waals surface area (Å²) >= 11 is 0. The fourth-order valence-corrected chi connectivity index (χ4v) is 2.93. The number of hydrogen-bond donors (Lipinski definition) is 3. The number of hydrogen-bond acceptors (Lipinski definition) is 5. The maximum absolute atomic E-state index is 12.1. The molecule has 3 rings (SSSR count). The van der Waals surface area contributed by atoms with Crippen LogP contribution in [0.2, 0.25) is 0 Å². The number of amides is 1. The van der Waals surface area contributed by atoms with Crippen LogP contribution < -0.4 is 15.4 Å². The Hall–Kier alpha value is -3.38. The second-order valence-electron chi connectivity index (χ2n) is 6.75. The largest absolute Gasteiger partial charge is 0.496 e. The molecule has 0 aliphatic carbocycles. The highest BCUT2D eigenvalue weighted by Gasteiger charge is 2.09. The highest BCUT2D eigenvalue weighted by molar-refractivity contribution is 5.94. The zero-order valence-corrected chi connectivity index (χ0v) is 16.6. The van der Waals surface area contributed by atoms with Gasteiger partial charge in [-0.3, -0.25) is 9.78 Å². The SMILES string of the molecule is COc1ccc(-c2ccncc2)cc1CNc1ccc(C(=O)NC(C)CO)cc1. The fourth-order valence-electron chi connectivity index (χ4n) is 2.93. The van der Waals surface area contributed by atoms with Gasteiger partial charge < -0.3 is 20.5 Å². The van der Waals surface area contributed by atoms with Crippen molar-refractivity contribution < 1.29 is 14.6 Å². The van der Waals surface area contributed by atoms with E-state index in [1.807, 2.05) is 36.4 Å². The van der Waals surface area contributed by atoms with Crippen molar-refractivity contribution in [2.45, 2.75) is 19.5 Å². The Labute approximate surface area is 170 Å². The summed E-state index contributed by atoms with van der Waals surface area (Å²) in [6.45, 7) is 2.24. The minimum absolute atomic E-state index is 0.0915. The van der Waals surface area contributed by atoms with Gasteiger partial charge in [-0.15, -0.1) is 0 Å². The fraction of sp³-hybridized carbons (Fsp3) is 0.217. The zero-order valence-electron chi connectivity index (χ0n) is 16.6. The van der Waals surface area contributed by atoms with Gasteiger partial charge in [0.05, 0.1) is 13.7 Å². The summed E-state index contributed by atoms with van der Waals surface area (Å²) in [6, 6.07) is 17.0. The summed E-state index contributed by atoms with van der Waals surface area (Å²) < 4.78 is 5.50. The lowest BCUT2D eigenvalue weighted by molar-refractivity contribution is 0.0922. The first-order chi connectivity index (χ1) is 14.1. The molecule has 0 spiro atoms. The Kier molecular flexibility index (Phi) is 6.81. The molecule has 1 atom stereocenters. The molecule has 3 N–H and O–H groups in total. The van der Waals surface area contributed by atoms with E-state index >= 15 is 0 Å². The summed E-state index contributed by atoms with van der Waals surface area (Å²) in [7, 11) is 1.66. The maximum atomic E-state index is 12.1. The highest BCUT2D eigenvalue weighted by Crippen LogP contribution is 2.27. The third-order valence-electron chi connectivity index (χ3n) is 4.58. The van der Waals surface area contributed by atoms with Crippen LogP contribution in [0.15, 0.2) is 67.0 Å². The molecule has 1 heterocycles. The van der Waals surface area contributed by atoms with Gasteiger partial charge in [-0.2, -0.15) is 0 Å². The number of nitrogens with zero attached hydrogens (tertiary/aromatic N) is 1. The van der Waals surface area contributed by atoms with Gasteiger partial charge in [0, 0.05) is 41.8 Å². The number of carbonyl (C=O) groups is 1. The van der Waals surface area contributed by atoms with Gasteiger partial charge in [-0.05, 0) is 66.6 Å². The number of benzene rings is 2. The smallest absolute Gasteiger partial charge is 0.251 e. The summed E-state index contributed by atoms with van der Waals surface area (Å²) in [4.78, 5) is 16.2. The van der Waals surface area contributed by atoms with Crippen molar-refractivity contribution in [3.63, 3.8) is 0 Å². The molecule has 0 radical (unpaired) electrons. The Morgan fingerprint density at radius 3 is 2.45 bits per heavy atom. The molecular formula is C23H25N3O3. The van der Waals surface area contributed by atoms with Crippen LogP contribution >= 0.6 is 0 Å². The van der Waals surface area contributed by atoms with Crippen molar-refractivity contribution in [3.05, 3.63) is 78.1 Å². The molecule has 1 aromatic heterocycles. The minimum Gasteiger partial charge on any atom is -0.496 e.